The molecular formula is C20H19Cl2N9O. The maximum absolute atomic E-state index is 13.6. The van der Waals surface area contributed by atoms with Crippen LogP contribution in [0, 0.1) is 0 Å². The first kappa shape index (κ1) is 21.6. The summed E-state index contributed by atoms with van der Waals surface area (Å²) < 4.78 is 1.43. The van der Waals surface area contributed by atoms with Crippen molar-refractivity contribution in [1.29, 1.82) is 0 Å². The predicted molar refractivity (Wildman–Crippen MR) is 127 cm³/mol. The monoisotopic (exact) mass is 471 g/mol. The Kier molecular flexibility index (Phi) is 5.72. The average molecular weight is 472 g/mol. The maximum Gasteiger partial charge on any atom is 0.267 e. The highest BCUT2D eigenvalue weighted by molar-refractivity contribution is 6.35. The van der Waals surface area contributed by atoms with Crippen molar-refractivity contribution in [3.63, 3.8) is 0 Å². The minimum atomic E-state index is -0.505. The van der Waals surface area contributed by atoms with Gasteiger partial charge in [0.05, 0.1) is 33.9 Å². The van der Waals surface area contributed by atoms with Gasteiger partial charge in [-0.15, -0.1) is 0 Å². The number of hydrogen-bond donors (Lipinski definition) is 4. The van der Waals surface area contributed by atoms with Crippen molar-refractivity contribution in [2.24, 2.45) is 0 Å². The lowest BCUT2D eigenvalue weighted by Gasteiger charge is -2.23. The third-order valence-corrected chi connectivity index (χ3v) is 5.51. The summed E-state index contributed by atoms with van der Waals surface area (Å²) in [6, 6.07) is 7.86. The zero-order valence-corrected chi connectivity index (χ0v) is 18.4. The molecule has 1 atom stereocenters. The molecule has 10 nitrogen and oxygen atoms in total. The molecule has 4 rings (SSSR count). The Morgan fingerprint density at radius 2 is 1.88 bits per heavy atom. The summed E-state index contributed by atoms with van der Waals surface area (Å²) in [5, 5.41) is 3.88. The van der Waals surface area contributed by atoms with E-state index in [9.17, 15) is 4.79 Å². The Bertz CT molecular complexity index is 1370. The molecule has 0 bridgehead atoms. The SMILES string of the molecule is CCC(Nc1nc(N)nc(N)c1Cl)c1nc2cccc(Cl)c2c(=O)n1-c1ccc(N)nc1. The van der Waals surface area contributed by atoms with Crippen LogP contribution in [0.3, 0.4) is 0 Å². The number of fused-ring (bicyclic) bond motifs is 1. The molecule has 1 aromatic carbocycles. The second-order valence-corrected chi connectivity index (χ2v) is 7.71. The van der Waals surface area contributed by atoms with E-state index in [1.807, 2.05) is 6.92 Å². The molecule has 0 spiro atoms. The summed E-state index contributed by atoms with van der Waals surface area (Å²) in [5.41, 5.74) is 17.8. The van der Waals surface area contributed by atoms with Crippen LogP contribution < -0.4 is 28.1 Å². The van der Waals surface area contributed by atoms with E-state index in [-0.39, 0.29) is 33.6 Å². The van der Waals surface area contributed by atoms with Gasteiger partial charge in [-0.05, 0) is 30.7 Å². The Balaban J connectivity index is 1.96. The van der Waals surface area contributed by atoms with Gasteiger partial charge in [0.15, 0.2) is 5.82 Å². The van der Waals surface area contributed by atoms with Crippen LogP contribution in [0.1, 0.15) is 25.2 Å². The van der Waals surface area contributed by atoms with Gasteiger partial charge in [0.2, 0.25) is 5.95 Å². The van der Waals surface area contributed by atoms with E-state index in [2.05, 4.69) is 20.3 Å². The van der Waals surface area contributed by atoms with E-state index in [0.29, 0.717) is 34.3 Å². The van der Waals surface area contributed by atoms with Crippen molar-refractivity contribution in [2.45, 2.75) is 19.4 Å². The van der Waals surface area contributed by atoms with Gasteiger partial charge < -0.3 is 22.5 Å². The zero-order chi connectivity index (χ0) is 23.0. The molecule has 164 valence electrons. The number of nitrogens with zero attached hydrogens (tertiary/aromatic N) is 5. The summed E-state index contributed by atoms with van der Waals surface area (Å²) in [5.74, 6) is 0.938. The molecule has 0 aliphatic rings. The molecule has 0 amide bonds. The molecular weight excluding hydrogens is 453 g/mol. The number of benzene rings is 1. The molecule has 12 heteroatoms. The first-order chi connectivity index (χ1) is 15.3. The molecule has 3 heterocycles. The van der Waals surface area contributed by atoms with E-state index in [1.165, 1.54) is 10.8 Å². The fourth-order valence-electron chi connectivity index (χ4n) is 3.31. The molecule has 4 aromatic rings. The van der Waals surface area contributed by atoms with Gasteiger partial charge in [-0.2, -0.15) is 9.97 Å². The lowest BCUT2D eigenvalue weighted by molar-refractivity contribution is 0.658. The lowest BCUT2D eigenvalue weighted by atomic mass is 10.1. The quantitative estimate of drug-likeness (QED) is 0.341. The first-order valence-electron chi connectivity index (χ1n) is 9.58. The van der Waals surface area contributed by atoms with Crippen LogP contribution in [0.4, 0.5) is 23.4 Å². The minimum absolute atomic E-state index is 0.0369. The second kappa shape index (κ2) is 8.48. The minimum Gasteiger partial charge on any atom is -0.384 e. The van der Waals surface area contributed by atoms with Crippen molar-refractivity contribution in [1.82, 2.24) is 24.5 Å². The fourth-order valence-corrected chi connectivity index (χ4v) is 3.70. The Morgan fingerprint density at radius 1 is 1.09 bits per heavy atom. The summed E-state index contributed by atoms with van der Waals surface area (Å²) in [7, 11) is 0. The van der Waals surface area contributed by atoms with Crippen LogP contribution in [-0.2, 0) is 0 Å². The molecule has 0 aliphatic heterocycles. The molecule has 3 aromatic heterocycles. The first-order valence-corrected chi connectivity index (χ1v) is 10.3. The zero-order valence-electron chi connectivity index (χ0n) is 16.9. The highest BCUT2D eigenvalue weighted by Crippen LogP contribution is 2.31. The van der Waals surface area contributed by atoms with E-state index in [0.717, 1.165) is 0 Å². The van der Waals surface area contributed by atoms with Gasteiger partial charge >= 0.3 is 0 Å². The molecule has 32 heavy (non-hydrogen) atoms. The number of nitrogens with two attached hydrogens (primary N) is 3. The van der Waals surface area contributed by atoms with Gasteiger partial charge in [0.1, 0.15) is 22.5 Å². The highest BCUT2D eigenvalue weighted by atomic mass is 35.5. The Morgan fingerprint density at radius 3 is 2.56 bits per heavy atom. The van der Waals surface area contributed by atoms with Crippen molar-refractivity contribution in [3.05, 3.63) is 62.8 Å². The van der Waals surface area contributed by atoms with Crippen LogP contribution >= 0.6 is 23.2 Å². The largest absolute Gasteiger partial charge is 0.384 e. The Labute approximate surface area is 192 Å². The topological polar surface area (TPSA) is 164 Å². The van der Waals surface area contributed by atoms with Gasteiger partial charge in [-0.3, -0.25) is 9.36 Å². The van der Waals surface area contributed by atoms with Crippen LogP contribution in [0.2, 0.25) is 10.0 Å². The van der Waals surface area contributed by atoms with Crippen LogP contribution in [-0.4, -0.2) is 24.5 Å². The molecule has 0 saturated heterocycles. The Hall–Kier alpha value is -3.63. The van der Waals surface area contributed by atoms with Crippen molar-refractivity contribution in [3.8, 4) is 5.69 Å². The van der Waals surface area contributed by atoms with E-state index >= 15 is 0 Å². The molecule has 0 saturated carbocycles. The van der Waals surface area contributed by atoms with Gasteiger partial charge in [0.25, 0.3) is 5.56 Å². The second-order valence-electron chi connectivity index (χ2n) is 6.92. The maximum atomic E-state index is 13.6. The number of nitrogens with one attached hydrogen (secondary N) is 1. The number of anilines is 4. The summed E-state index contributed by atoms with van der Waals surface area (Å²) in [6.45, 7) is 1.92. The number of aromatic nitrogens is 5. The third-order valence-electron chi connectivity index (χ3n) is 4.83. The number of hydrogen-bond acceptors (Lipinski definition) is 9. The average Bonchev–Trinajstić information content (AvgIpc) is 2.76. The summed E-state index contributed by atoms with van der Waals surface area (Å²) in [4.78, 5) is 30.4. The number of halogens is 2. The lowest BCUT2D eigenvalue weighted by Crippen LogP contribution is -2.28. The van der Waals surface area contributed by atoms with Crippen molar-refractivity contribution >= 4 is 57.5 Å². The molecule has 0 radical (unpaired) electrons. The number of rotatable bonds is 5. The highest BCUT2D eigenvalue weighted by Gasteiger charge is 2.23. The van der Waals surface area contributed by atoms with Gasteiger partial charge in [-0.25, -0.2) is 9.97 Å². The number of pyridine rings is 1. The van der Waals surface area contributed by atoms with Crippen molar-refractivity contribution < 1.29 is 0 Å². The molecule has 7 N–H and O–H groups in total. The van der Waals surface area contributed by atoms with Crippen LogP contribution in [0.5, 0.6) is 0 Å². The van der Waals surface area contributed by atoms with E-state index < -0.39 is 6.04 Å². The molecule has 0 fully saturated rings. The number of nitrogen functional groups attached to an aromatic ring is 3. The normalized spacial score (nSPS) is 12.1. The van der Waals surface area contributed by atoms with E-state index in [4.69, 9.17) is 45.4 Å². The van der Waals surface area contributed by atoms with Crippen molar-refractivity contribution in [2.75, 3.05) is 22.5 Å². The van der Waals surface area contributed by atoms with E-state index in [1.54, 1.807) is 30.3 Å². The van der Waals surface area contributed by atoms with Gasteiger partial charge in [-0.1, -0.05) is 36.2 Å². The summed E-state index contributed by atoms with van der Waals surface area (Å²) >= 11 is 12.6. The molecule has 0 aliphatic carbocycles. The third kappa shape index (κ3) is 3.85. The standard InChI is InChI=1S/C20H19Cl2N9O/c1-2-11(27-17-15(22)16(24)29-20(25)30-17)18-28-12-5-3-4-10(21)14(12)19(32)31(18)9-6-7-13(23)26-8-9/h3-8,11H,2H2,1H3,(H2,23,26)(H5,24,25,27,29,30). The van der Waals surface area contributed by atoms with Gasteiger partial charge in [0, 0.05) is 0 Å². The fraction of sp³-hybridized carbons (Fsp3) is 0.150. The van der Waals surface area contributed by atoms with Crippen LogP contribution in [0.25, 0.3) is 16.6 Å². The summed E-state index contributed by atoms with van der Waals surface area (Å²) in [6.07, 6.45) is 2.01. The molecule has 1 unspecified atom stereocenters. The van der Waals surface area contributed by atoms with Crippen LogP contribution in [0.15, 0.2) is 41.3 Å². The smallest absolute Gasteiger partial charge is 0.267 e. The predicted octanol–water partition coefficient (Wildman–Crippen LogP) is 3.19.